The molecule has 0 aromatic rings. The van der Waals surface area contributed by atoms with Gasteiger partial charge in [-0.25, -0.2) is 0 Å². The Morgan fingerprint density at radius 2 is 1.89 bits per heavy atom. The van der Waals surface area contributed by atoms with E-state index < -0.39 is 0 Å². The van der Waals surface area contributed by atoms with E-state index in [1.807, 2.05) is 0 Å². The Hall–Kier alpha value is -0.0800. The minimum Gasteiger partial charge on any atom is -0.314 e. The van der Waals surface area contributed by atoms with E-state index in [9.17, 15) is 0 Å². The zero-order chi connectivity index (χ0) is 12.8. The summed E-state index contributed by atoms with van der Waals surface area (Å²) in [6.45, 7) is 10.1. The van der Waals surface area contributed by atoms with Crippen LogP contribution in [0.3, 0.4) is 0 Å². The molecule has 18 heavy (non-hydrogen) atoms. The monoisotopic (exact) mass is 252 g/mol. The molecule has 2 fully saturated rings. The minimum atomic E-state index is 0.826. The molecule has 2 rings (SSSR count). The van der Waals surface area contributed by atoms with Gasteiger partial charge in [0, 0.05) is 6.04 Å². The number of rotatable bonds is 5. The molecule has 1 N–H and O–H groups in total. The van der Waals surface area contributed by atoms with Gasteiger partial charge >= 0.3 is 0 Å². The van der Waals surface area contributed by atoms with Gasteiger partial charge in [0.15, 0.2) is 0 Å². The Kier molecular flexibility index (Phi) is 5.97. The highest BCUT2D eigenvalue weighted by Crippen LogP contribution is 2.24. The maximum Gasteiger partial charge on any atom is 0.00675 e. The number of piperidine rings is 2. The number of nitrogens with zero attached hydrogens (tertiary/aromatic N) is 1. The Labute approximate surface area is 114 Å². The highest BCUT2D eigenvalue weighted by Gasteiger charge is 2.21. The van der Waals surface area contributed by atoms with Crippen molar-refractivity contribution in [3.63, 3.8) is 0 Å². The molecule has 2 heteroatoms. The first-order valence-corrected chi connectivity index (χ1v) is 8.21. The molecule has 0 radical (unpaired) electrons. The van der Waals surface area contributed by atoms with E-state index in [1.165, 1.54) is 71.1 Å². The number of hydrogen-bond donors (Lipinski definition) is 1. The van der Waals surface area contributed by atoms with Crippen LogP contribution in [0.15, 0.2) is 0 Å². The predicted molar refractivity (Wildman–Crippen MR) is 78.9 cm³/mol. The van der Waals surface area contributed by atoms with E-state index in [2.05, 4.69) is 24.1 Å². The second-order valence-electron chi connectivity index (χ2n) is 6.71. The second kappa shape index (κ2) is 7.49. The summed E-state index contributed by atoms with van der Waals surface area (Å²) in [6, 6.07) is 0.826. The molecular weight excluding hydrogens is 220 g/mol. The van der Waals surface area contributed by atoms with Crippen molar-refractivity contribution in [2.45, 2.75) is 64.8 Å². The van der Waals surface area contributed by atoms with Gasteiger partial charge in [-0.2, -0.15) is 0 Å². The van der Waals surface area contributed by atoms with Crippen molar-refractivity contribution in [2.75, 3.05) is 26.2 Å². The maximum atomic E-state index is 3.66. The van der Waals surface area contributed by atoms with Crippen LogP contribution in [0, 0.1) is 11.8 Å². The van der Waals surface area contributed by atoms with E-state index in [0.29, 0.717) is 0 Å². The molecule has 1 unspecified atom stereocenters. The fourth-order valence-corrected chi connectivity index (χ4v) is 3.57. The molecule has 0 spiro atoms. The first kappa shape index (κ1) is 14.3. The molecule has 0 aliphatic carbocycles. The van der Waals surface area contributed by atoms with Gasteiger partial charge in [0.05, 0.1) is 0 Å². The fraction of sp³-hybridized carbons (Fsp3) is 1.00. The zero-order valence-electron chi connectivity index (χ0n) is 12.5. The lowest BCUT2D eigenvalue weighted by molar-refractivity contribution is 0.154. The quantitative estimate of drug-likeness (QED) is 0.808. The topological polar surface area (TPSA) is 15.3 Å². The summed E-state index contributed by atoms with van der Waals surface area (Å²) in [5.41, 5.74) is 0. The summed E-state index contributed by atoms with van der Waals surface area (Å²) < 4.78 is 0. The average molecular weight is 252 g/mol. The van der Waals surface area contributed by atoms with Crippen molar-refractivity contribution in [3.05, 3.63) is 0 Å². The smallest absolute Gasteiger partial charge is 0.00675 e. The lowest BCUT2D eigenvalue weighted by Gasteiger charge is -2.34. The highest BCUT2D eigenvalue weighted by atomic mass is 15.1. The Morgan fingerprint density at radius 1 is 1.11 bits per heavy atom. The molecule has 0 aromatic carbocycles. The zero-order valence-corrected chi connectivity index (χ0v) is 12.5. The Balaban J connectivity index is 1.55. The summed E-state index contributed by atoms with van der Waals surface area (Å²) in [4.78, 5) is 2.70. The second-order valence-corrected chi connectivity index (χ2v) is 6.71. The Morgan fingerprint density at radius 3 is 2.50 bits per heavy atom. The number of hydrogen-bond acceptors (Lipinski definition) is 2. The standard InChI is InChI=1S/C16H32N2/c1-14(2)15-8-12-18(13-9-15)11-5-7-16-6-3-4-10-17-16/h14-17H,3-13H2,1-2H3. The first-order chi connectivity index (χ1) is 8.75. The van der Waals surface area contributed by atoms with E-state index >= 15 is 0 Å². The summed E-state index contributed by atoms with van der Waals surface area (Å²) in [5, 5.41) is 3.66. The molecular formula is C16H32N2. The lowest BCUT2D eigenvalue weighted by Crippen LogP contribution is -2.37. The van der Waals surface area contributed by atoms with Crippen molar-refractivity contribution in [2.24, 2.45) is 11.8 Å². The molecule has 2 nitrogen and oxygen atoms in total. The van der Waals surface area contributed by atoms with Crippen molar-refractivity contribution in [1.29, 1.82) is 0 Å². The van der Waals surface area contributed by atoms with E-state index in [-0.39, 0.29) is 0 Å². The van der Waals surface area contributed by atoms with Crippen molar-refractivity contribution in [1.82, 2.24) is 10.2 Å². The van der Waals surface area contributed by atoms with Crippen LogP contribution in [-0.2, 0) is 0 Å². The van der Waals surface area contributed by atoms with Gasteiger partial charge in [-0.3, -0.25) is 0 Å². The fourth-order valence-electron chi connectivity index (χ4n) is 3.57. The molecule has 2 aliphatic heterocycles. The third kappa shape index (κ3) is 4.55. The summed E-state index contributed by atoms with van der Waals surface area (Å²) >= 11 is 0. The largest absolute Gasteiger partial charge is 0.314 e. The molecule has 1 atom stereocenters. The van der Waals surface area contributed by atoms with Gasteiger partial charge in [-0.1, -0.05) is 20.3 Å². The lowest BCUT2D eigenvalue weighted by atomic mass is 9.86. The normalized spacial score (nSPS) is 27.8. The molecule has 0 amide bonds. The van der Waals surface area contributed by atoms with Gasteiger partial charge in [0.1, 0.15) is 0 Å². The molecule has 2 saturated heterocycles. The molecule has 106 valence electrons. The third-order valence-electron chi connectivity index (χ3n) is 5.01. The van der Waals surface area contributed by atoms with Crippen molar-refractivity contribution in [3.8, 4) is 0 Å². The van der Waals surface area contributed by atoms with E-state index in [4.69, 9.17) is 0 Å². The molecule has 0 aromatic heterocycles. The number of likely N-dealkylation sites (tertiary alicyclic amines) is 1. The molecule has 0 bridgehead atoms. The van der Waals surface area contributed by atoms with Gasteiger partial charge in [-0.05, 0) is 76.5 Å². The van der Waals surface area contributed by atoms with Gasteiger partial charge in [-0.15, -0.1) is 0 Å². The van der Waals surface area contributed by atoms with Crippen LogP contribution in [-0.4, -0.2) is 37.1 Å². The maximum absolute atomic E-state index is 3.66. The SMILES string of the molecule is CC(C)C1CCN(CCCC2CCCCN2)CC1. The van der Waals surface area contributed by atoms with Gasteiger partial charge in [0.2, 0.25) is 0 Å². The summed E-state index contributed by atoms with van der Waals surface area (Å²) in [7, 11) is 0. The number of nitrogens with one attached hydrogen (secondary N) is 1. The minimum absolute atomic E-state index is 0.826. The van der Waals surface area contributed by atoms with E-state index in [0.717, 1.165) is 17.9 Å². The third-order valence-corrected chi connectivity index (χ3v) is 5.01. The van der Waals surface area contributed by atoms with Crippen molar-refractivity contribution >= 4 is 0 Å². The van der Waals surface area contributed by atoms with Crippen LogP contribution in [0.2, 0.25) is 0 Å². The summed E-state index contributed by atoms with van der Waals surface area (Å²) in [6.07, 6.45) is 9.89. The molecule has 2 heterocycles. The molecule has 2 aliphatic rings. The summed E-state index contributed by atoms with van der Waals surface area (Å²) in [5.74, 6) is 1.87. The van der Waals surface area contributed by atoms with Crippen LogP contribution >= 0.6 is 0 Å². The molecule has 0 saturated carbocycles. The van der Waals surface area contributed by atoms with Crippen LogP contribution in [0.4, 0.5) is 0 Å². The van der Waals surface area contributed by atoms with E-state index in [1.54, 1.807) is 0 Å². The van der Waals surface area contributed by atoms with Crippen molar-refractivity contribution < 1.29 is 0 Å². The van der Waals surface area contributed by atoms with Gasteiger partial charge in [0.25, 0.3) is 0 Å². The van der Waals surface area contributed by atoms with Crippen LogP contribution in [0.25, 0.3) is 0 Å². The van der Waals surface area contributed by atoms with Gasteiger partial charge < -0.3 is 10.2 Å². The van der Waals surface area contributed by atoms with Crippen LogP contribution < -0.4 is 5.32 Å². The van der Waals surface area contributed by atoms with Crippen LogP contribution in [0.1, 0.15) is 58.8 Å². The predicted octanol–water partition coefficient (Wildman–Crippen LogP) is 3.28. The Bertz CT molecular complexity index is 213. The first-order valence-electron chi connectivity index (χ1n) is 8.21. The average Bonchev–Trinajstić information content (AvgIpc) is 2.40. The highest BCUT2D eigenvalue weighted by molar-refractivity contribution is 4.76. The van der Waals surface area contributed by atoms with Crippen LogP contribution in [0.5, 0.6) is 0 Å².